The van der Waals surface area contributed by atoms with E-state index in [1.54, 1.807) is 13.0 Å². The highest BCUT2D eigenvalue weighted by molar-refractivity contribution is 5.94. The van der Waals surface area contributed by atoms with Crippen LogP contribution in [0.1, 0.15) is 236 Å². The summed E-state index contributed by atoms with van der Waals surface area (Å²) < 4.78 is 31.3. The summed E-state index contributed by atoms with van der Waals surface area (Å²) in [5.41, 5.74) is 13.1. The lowest BCUT2D eigenvalue weighted by Crippen LogP contribution is -2.37. The standard InChI is InChI=1S/C25H33NO2.C24H33NO.C23H31NO2.C23H29NO2.C22H30N2O/c1-19-9-7-13-24(15-19)28-25-14-8-12-23(16-25)20(2)17-26(21(3)27)18-22-10-5-4-6-11-22;1-18-10-12-21(13-11-18)17-25-16-20(3)22-7-5-9-24(15-22)26-23-8-4-6-19(2)14-23;1-17-6-3-10-22(12-17)26-23-11-5-8-20(14-23)18(2)15-24-16-19-7-4-9-21(25)13-19;1-17-8-6-12-21(14-17)26-22-13-7-11-20(15-22)18(2)16-24-23(25)19-9-4-3-5-10-19;1-17-7-5-10-21(13-17)25-22-11-6-8-19(14-22)18(2)15-23-16-20-9-3-4-12-24-20/h4-7,9-11,13,15,20,23,25H,8,12,14,16-18H2,1-3H3;4,6,8,10-14,20,22,24-25H,5,7,9,15-17H2,1-3H3;3-4,6-7,9-10,12-13,18,20,23-25H,5,8,11,14-16H2,1-2H3;3-6,8-10,12,14,18,20,22H,7,11,13,15-16H2,1-2H3,(H,24,25);3-5,7,9-10,12-13,18-19,22-23H,6,8,11,14-16H2,1-2H3/t20?,23?,25-;20?,22?,24-;18?,20?,23-;18?,20?,22-;18?,19?,22-/m11111/s1. The highest BCUT2D eigenvalue weighted by Gasteiger charge is 2.34. The first-order valence-electron chi connectivity index (χ1n) is 49.7. The predicted octanol–water partition coefficient (Wildman–Crippen LogP) is 26.1. The van der Waals surface area contributed by atoms with Crippen molar-refractivity contribution in [1.82, 2.24) is 31.2 Å². The normalized spacial score (nSPS) is 21.1. The molecular weight excluding hydrogens is 1620 g/mol. The number of carbonyl (C=O) groups excluding carboxylic acids is 2. The van der Waals surface area contributed by atoms with E-state index in [4.69, 9.17) is 23.7 Å². The van der Waals surface area contributed by atoms with Crippen molar-refractivity contribution < 1.29 is 38.4 Å². The molecule has 131 heavy (non-hydrogen) atoms. The molecule has 10 unspecified atom stereocenters. The van der Waals surface area contributed by atoms with Crippen molar-refractivity contribution in [3.63, 3.8) is 0 Å². The molecule has 14 nitrogen and oxygen atoms in total. The Balaban J connectivity index is 0.000000158. The number of amides is 2. The molecule has 1 aromatic heterocycles. The number of nitrogens with one attached hydrogen (secondary N) is 4. The van der Waals surface area contributed by atoms with Crippen LogP contribution in [0.5, 0.6) is 34.5 Å². The summed E-state index contributed by atoms with van der Waals surface area (Å²) >= 11 is 0. The number of ether oxygens (including phenoxy) is 5. The minimum atomic E-state index is 0.0146. The van der Waals surface area contributed by atoms with Crippen LogP contribution >= 0.6 is 0 Å². The van der Waals surface area contributed by atoms with Gasteiger partial charge in [0.1, 0.15) is 34.5 Å². The van der Waals surface area contributed by atoms with Crippen LogP contribution in [0.2, 0.25) is 0 Å². The van der Waals surface area contributed by atoms with Gasteiger partial charge in [-0.2, -0.15) is 0 Å². The molecule has 15 rings (SSSR count). The molecule has 5 saturated carbocycles. The molecule has 0 bridgehead atoms. The highest BCUT2D eigenvalue weighted by atomic mass is 16.5. The van der Waals surface area contributed by atoms with Gasteiger partial charge >= 0.3 is 0 Å². The average molecular weight is 1770 g/mol. The first-order valence-corrected chi connectivity index (χ1v) is 49.7. The zero-order valence-corrected chi connectivity index (χ0v) is 81.1. The van der Waals surface area contributed by atoms with Gasteiger partial charge in [0.2, 0.25) is 5.91 Å². The van der Waals surface area contributed by atoms with E-state index in [1.165, 1.54) is 134 Å². The number of aromatic nitrogens is 1. The first-order chi connectivity index (χ1) is 63.5. The Hall–Kier alpha value is -10.3. The Kier molecular flexibility index (Phi) is 42.3. The van der Waals surface area contributed by atoms with Gasteiger partial charge in [-0.05, 0) is 390 Å². The van der Waals surface area contributed by atoms with Gasteiger partial charge in [-0.1, -0.05) is 192 Å². The number of hydrogen-bond donors (Lipinski definition) is 5. The van der Waals surface area contributed by atoms with Crippen molar-refractivity contribution in [3.05, 3.63) is 316 Å². The number of aryl methyl sites for hydroxylation is 6. The fourth-order valence-electron chi connectivity index (χ4n) is 19.8. The van der Waals surface area contributed by atoms with Gasteiger partial charge in [0.05, 0.1) is 36.2 Å². The average Bonchev–Trinajstić information content (AvgIpc) is 0.861. The largest absolute Gasteiger partial charge is 0.508 e. The molecule has 1 heterocycles. The van der Waals surface area contributed by atoms with Gasteiger partial charge in [0, 0.05) is 58.0 Å². The van der Waals surface area contributed by atoms with E-state index in [-0.39, 0.29) is 24.0 Å². The van der Waals surface area contributed by atoms with Gasteiger partial charge in [0.25, 0.3) is 5.91 Å². The Morgan fingerprint density at radius 2 is 0.695 bits per heavy atom. The topological polar surface area (TPSA) is 165 Å². The molecule has 14 heteroatoms. The number of hydrogen-bond acceptors (Lipinski definition) is 12. The summed E-state index contributed by atoms with van der Waals surface area (Å²) in [5.74, 6) is 11.8. The Bertz CT molecular complexity index is 4920. The van der Waals surface area contributed by atoms with Gasteiger partial charge in [-0.3, -0.25) is 14.6 Å². The van der Waals surface area contributed by atoms with E-state index < -0.39 is 0 Å². The van der Waals surface area contributed by atoms with Crippen molar-refractivity contribution >= 4 is 11.8 Å². The predicted molar refractivity (Wildman–Crippen MR) is 539 cm³/mol. The summed E-state index contributed by atoms with van der Waals surface area (Å²) in [6.45, 7) is 33.9. The Labute approximate surface area is 787 Å². The zero-order chi connectivity index (χ0) is 92.5. The first kappa shape index (κ1) is 101. The Morgan fingerprint density at radius 1 is 0.351 bits per heavy atom. The summed E-state index contributed by atoms with van der Waals surface area (Å²) in [5, 5.41) is 23.4. The fraction of sp³-hybridized carbons (Fsp3) is 0.479. The van der Waals surface area contributed by atoms with Crippen molar-refractivity contribution in [1.29, 1.82) is 0 Å². The lowest BCUT2D eigenvalue weighted by atomic mass is 9.79. The molecule has 0 radical (unpaired) electrons. The molecule has 0 saturated heterocycles. The minimum Gasteiger partial charge on any atom is -0.508 e. The number of carbonyl (C=O) groups is 2. The Morgan fingerprint density at radius 3 is 1.06 bits per heavy atom. The van der Waals surface area contributed by atoms with Crippen LogP contribution in [-0.4, -0.2) is 90.0 Å². The summed E-state index contributed by atoms with van der Waals surface area (Å²) in [6.07, 6.45) is 27.5. The molecule has 702 valence electrons. The summed E-state index contributed by atoms with van der Waals surface area (Å²) in [6, 6.07) is 83.9. The lowest BCUT2D eigenvalue weighted by Gasteiger charge is -2.35. The van der Waals surface area contributed by atoms with Crippen LogP contribution in [0.3, 0.4) is 0 Å². The van der Waals surface area contributed by atoms with Crippen molar-refractivity contribution in [2.75, 3.05) is 32.7 Å². The molecule has 5 aliphatic carbocycles. The highest BCUT2D eigenvalue weighted by Crippen LogP contribution is 2.39. The minimum absolute atomic E-state index is 0.0146. The van der Waals surface area contributed by atoms with E-state index in [0.717, 1.165) is 148 Å². The van der Waals surface area contributed by atoms with Crippen molar-refractivity contribution in [2.45, 2.75) is 268 Å². The molecule has 0 spiro atoms. The third-order valence-electron chi connectivity index (χ3n) is 27.7. The van der Waals surface area contributed by atoms with Crippen LogP contribution in [0.4, 0.5) is 0 Å². The number of pyridine rings is 1. The maximum atomic E-state index is 12.2. The molecule has 5 aliphatic rings. The number of nitrogens with zero attached hydrogens (tertiary/aromatic N) is 2. The van der Waals surface area contributed by atoms with Crippen LogP contribution < -0.4 is 45.0 Å². The van der Waals surface area contributed by atoms with E-state index in [1.807, 2.05) is 102 Å². The number of benzene rings is 9. The smallest absolute Gasteiger partial charge is 0.251 e. The maximum Gasteiger partial charge on any atom is 0.251 e. The van der Waals surface area contributed by atoms with E-state index in [9.17, 15) is 14.7 Å². The SMILES string of the molecule is CC(=O)N(Cc1ccccc1)CC(C)C1CCC[C@@H](Oc2cccc(C)c2)C1.Cc1ccc(CNCC(C)C2CCC[C@@H](Oc3cccc(C)c3)C2)cc1.Cc1cccc(O[C@@H]2CCCC(C(C)CNC(=O)c3ccccc3)C2)c1.Cc1cccc(O[C@@H]2CCCC(C(C)CNCc3cccc(O)c3)C2)c1.Cc1cccc(O[C@@H]2CCCC(C(C)CNCc3ccccn3)C2)c1. The maximum absolute atomic E-state index is 12.2. The van der Waals surface area contributed by atoms with Gasteiger partial charge in [-0.15, -0.1) is 0 Å². The van der Waals surface area contributed by atoms with Crippen LogP contribution in [-0.2, 0) is 31.0 Å². The van der Waals surface area contributed by atoms with E-state index in [2.05, 4.69) is 254 Å². The lowest BCUT2D eigenvalue weighted by molar-refractivity contribution is -0.130. The molecule has 2 amide bonds. The molecule has 5 N–H and O–H groups in total. The number of rotatable bonds is 34. The molecule has 0 aliphatic heterocycles. The van der Waals surface area contributed by atoms with Crippen LogP contribution in [0.15, 0.2) is 255 Å². The molecule has 10 aromatic rings. The van der Waals surface area contributed by atoms with E-state index >= 15 is 0 Å². The van der Waals surface area contributed by atoms with Gasteiger partial charge in [0.15, 0.2) is 0 Å². The van der Waals surface area contributed by atoms with Crippen LogP contribution in [0, 0.1) is 101 Å². The second kappa shape index (κ2) is 54.7. The van der Waals surface area contributed by atoms with Gasteiger partial charge < -0.3 is 55.0 Å². The number of phenols is 1. The molecule has 5 fully saturated rings. The number of phenolic OH excluding ortho intramolecular Hbond substituents is 1. The monoisotopic (exact) mass is 1770 g/mol. The molecular formula is C117H156N6O8. The number of aromatic hydroxyl groups is 1. The summed E-state index contributed by atoms with van der Waals surface area (Å²) in [7, 11) is 0. The molecule has 9 aromatic carbocycles. The second-order valence-electron chi connectivity index (χ2n) is 39.1. The van der Waals surface area contributed by atoms with Crippen LogP contribution in [0.25, 0.3) is 0 Å². The zero-order valence-electron chi connectivity index (χ0n) is 81.1. The summed E-state index contributed by atoms with van der Waals surface area (Å²) in [4.78, 5) is 30.8. The van der Waals surface area contributed by atoms with Crippen molar-refractivity contribution in [3.8, 4) is 34.5 Å². The third-order valence-corrected chi connectivity index (χ3v) is 27.7. The third kappa shape index (κ3) is 36.7. The molecule has 15 atom stereocenters. The second-order valence-corrected chi connectivity index (χ2v) is 39.1. The quantitative estimate of drug-likeness (QED) is 0.0260. The van der Waals surface area contributed by atoms with Gasteiger partial charge in [-0.25, -0.2) is 0 Å². The van der Waals surface area contributed by atoms with E-state index in [0.29, 0.717) is 77.9 Å². The van der Waals surface area contributed by atoms with Crippen molar-refractivity contribution in [2.24, 2.45) is 59.2 Å². The fourth-order valence-corrected chi connectivity index (χ4v) is 19.8.